The number of hydrogen-bond donors (Lipinski definition) is 1. The summed E-state index contributed by atoms with van der Waals surface area (Å²) in [5.41, 5.74) is 0.620. The number of aromatic nitrogens is 4. The van der Waals surface area contributed by atoms with Gasteiger partial charge in [-0.15, -0.1) is 10.2 Å². The molecule has 0 saturated heterocycles. The molecule has 30 heavy (non-hydrogen) atoms. The smallest absolute Gasteiger partial charge is 0.275 e. The molecule has 1 aliphatic carbocycles. The summed E-state index contributed by atoms with van der Waals surface area (Å²) in [4.78, 5) is 27.0. The molecule has 150 valence electrons. The Morgan fingerprint density at radius 2 is 1.83 bits per heavy atom. The van der Waals surface area contributed by atoms with Crippen molar-refractivity contribution in [3.63, 3.8) is 0 Å². The molecule has 1 fully saturated rings. The molecule has 1 N–H and O–H groups in total. The average molecular weight is 422 g/mol. The highest BCUT2D eigenvalue weighted by atomic mass is 35.5. The number of hydrogen-bond acceptors (Lipinski definition) is 6. The van der Waals surface area contributed by atoms with E-state index in [1.54, 1.807) is 53.4 Å². The first-order valence-electron chi connectivity index (χ1n) is 9.47. The number of aromatic amines is 1. The molecular weight excluding hydrogens is 406 g/mol. The molecule has 2 aromatic carbocycles. The SMILES string of the molecule is O=C(c1n[nH]c(=O)c2ccccc12)N(Cc1nnc(-c2ccc(Cl)cc2)o1)C1CC1. The molecule has 2 aromatic heterocycles. The molecule has 9 heteroatoms. The van der Waals surface area contributed by atoms with E-state index in [1.807, 2.05) is 0 Å². The van der Waals surface area contributed by atoms with Gasteiger partial charge in [0.05, 0.1) is 11.9 Å². The molecule has 0 aliphatic heterocycles. The van der Waals surface area contributed by atoms with Gasteiger partial charge in [-0.25, -0.2) is 5.10 Å². The minimum absolute atomic E-state index is 0.0795. The van der Waals surface area contributed by atoms with Gasteiger partial charge in [-0.05, 0) is 43.2 Å². The monoisotopic (exact) mass is 421 g/mol. The van der Waals surface area contributed by atoms with Crippen LogP contribution in [0.2, 0.25) is 5.02 Å². The largest absolute Gasteiger partial charge is 0.419 e. The fraction of sp³-hybridized carbons (Fsp3) is 0.190. The van der Waals surface area contributed by atoms with Crippen molar-refractivity contribution in [3.05, 3.63) is 75.5 Å². The molecule has 4 aromatic rings. The quantitative estimate of drug-likeness (QED) is 0.529. The molecule has 0 atom stereocenters. The average Bonchev–Trinajstić information content (AvgIpc) is 3.50. The van der Waals surface area contributed by atoms with Crippen LogP contribution in [0.15, 0.2) is 57.7 Å². The maximum Gasteiger partial charge on any atom is 0.275 e. The van der Waals surface area contributed by atoms with Crippen molar-refractivity contribution in [2.75, 3.05) is 0 Å². The van der Waals surface area contributed by atoms with Crippen molar-refractivity contribution in [1.82, 2.24) is 25.3 Å². The van der Waals surface area contributed by atoms with Gasteiger partial charge in [0.2, 0.25) is 11.8 Å². The number of nitrogens with one attached hydrogen (secondary N) is 1. The third kappa shape index (κ3) is 3.46. The van der Waals surface area contributed by atoms with Crippen LogP contribution < -0.4 is 5.56 Å². The lowest BCUT2D eigenvalue weighted by Crippen LogP contribution is -2.34. The van der Waals surface area contributed by atoms with Crippen molar-refractivity contribution in [3.8, 4) is 11.5 Å². The normalized spacial score (nSPS) is 13.5. The number of benzene rings is 2. The predicted octanol–water partition coefficient (Wildman–Crippen LogP) is 3.43. The number of nitrogens with zero attached hydrogens (tertiary/aromatic N) is 4. The summed E-state index contributed by atoms with van der Waals surface area (Å²) in [6.45, 7) is 0.166. The third-order valence-electron chi connectivity index (χ3n) is 5.01. The zero-order valence-electron chi connectivity index (χ0n) is 15.7. The number of carbonyl (C=O) groups excluding carboxylic acids is 1. The van der Waals surface area contributed by atoms with E-state index in [9.17, 15) is 9.59 Å². The Morgan fingerprint density at radius 3 is 2.57 bits per heavy atom. The van der Waals surface area contributed by atoms with Gasteiger partial charge < -0.3 is 9.32 Å². The van der Waals surface area contributed by atoms with E-state index in [0.29, 0.717) is 27.6 Å². The lowest BCUT2D eigenvalue weighted by molar-refractivity contribution is 0.0709. The van der Waals surface area contributed by atoms with Gasteiger partial charge in [0.1, 0.15) is 0 Å². The zero-order chi connectivity index (χ0) is 20.7. The second-order valence-corrected chi connectivity index (χ2v) is 7.56. The first-order chi connectivity index (χ1) is 14.6. The molecule has 1 saturated carbocycles. The molecule has 2 heterocycles. The highest BCUT2D eigenvalue weighted by Crippen LogP contribution is 2.31. The zero-order valence-corrected chi connectivity index (χ0v) is 16.5. The Kier molecular flexibility index (Phi) is 4.55. The maximum absolute atomic E-state index is 13.3. The molecule has 8 nitrogen and oxygen atoms in total. The van der Waals surface area contributed by atoms with Crippen LogP contribution in [-0.4, -0.2) is 37.2 Å². The molecule has 5 rings (SSSR count). The van der Waals surface area contributed by atoms with Crippen LogP contribution in [0.3, 0.4) is 0 Å². The second-order valence-electron chi connectivity index (χ2n) is 7.12. The van der Waals surface area contributed by atoms with E-state index in [-0.39, 0.29) is 29.7 Å². The lowest BCUT2D eigenvalue weighted by atomic mass is 10.1. The van der Waals surface area contributed by atoms with Crippen LogP contribution in [0.1, 0.15) is 29.2 Å². The Labute approximate surface area is 175 Å². The molecule has 0 bridgehead atoms. The summed E-state index contributed by atoms with van der Waals surface area (Å²) in [7, 11) is 0. The van der Waals surface area contributed by atoms with Gasteiger partial charge in [0, 0.05) is 22.0 Å². The molecule has 1 aliphatic rings. The Morgan fingerprint density at radius 1 is 1.10 bits per heavy atom. The number of H-pyrrole nitrogens is 1. The minimum atomic E-state index is -0.329. The van der Waals surface area contributed by atoms with E-state index in [1.165, 1.54) is 0 Å². The van der Waals surface area contributed by atoms with E-state index in [4.69, 9.17) is 16.0 Å². The summed E-state index contributed by atoms with van der Waals surface area (Å²) in [5, 5.41) is 16.2. The van der Waals surface area contributed by atoms with Crippen molar-refractivity contribution in [1.29, 1.82) is 0 Å². The van der Waals surface area contributed by atoms with Gasteiger partial charge in [-0.1, -0.05) is 29.8 Å². The van der Waals surface area contributed by atoms with E-state index < -0.39 is 0 Å². The maximum atomic E-state index is 13.3. The van der Waals surface area contributed by atoms with Crippen molar-refractivity contribution < 1.29 is 9.21 Å². The van der Waals surface area contributed by atoms with Gasteiger partial charge in [-0.2, -0.15) is 5.10 Å². The highest BCUT2D eigenvalue weighted by Gasteiger charge is 2.35. The number of amides is 1. The third-order valence-corrected chi connectivity index (χ3v) is 5.26. The van der Waals surface area contributed by atoms with E-state index in [0.717, 1.165) is 18.4 Å². The van der Waals surface area contributed by atoms with Crippen molar-refractivity contribution in [2.24, 2.45) is 0 Å². The summed E-state index contributed by atoms with van der Waals surface area (Å²) >= 11 is 5.92. The molecular formula is C21H16ClN5O3. The minimum Gasteiger partial charge on any atom is -0.419 e. The van der Waals surface area contributed by atoms with Gasteiger partial charge in [-0.3, -0.25) is 9.59 Å². The van der Waals surface area contributed by atoms with Crippen molar-refractivity contribution >= 4 is 28.3 Å². The van der Waals surface area contributed by atoms with E-state index in [2.05, 4.69) is 20.4 Å². The van der Waals surface area contributed by atoms with Gasteiger partial charge in [0.15, 0.2) is 5.69 Å². The lowest BCUT2D eigenvalue weighted by Gasteiger charge is -2.20. The predicted molar refractivity (Wildman–Crippen MR) is 110 cm³/mol. The standard InChI is InChI=1S/C21H16ClN5O3/c22-13-7-5-12(6-8-13)20-26-23-17(30-20)11-27(14-9-10-14)21(29)18-15-3-1-2-4-16(15)19(28)25-24-18/h1-8,14H,9-11H2,(H,25,28). The Bertz CT molecular complexity index is 1290. The number of rotatable bonds is 5. The molecule has 0 spiro atoms. The van der Waals surface area contributed by atoms with Crippen LogP contribution in [0, 0.1) is 0 Å². The molecule has 0 unspecified atom stereocenters. The van der Waals surface area contributed by atoms with Gasteiger partial charge >= 0.3 is 0 Å². The van der Waals surface area contributed by atoms with Crippen LogP contribution in [0.25, 0.3) is 22.2 Å². The fourth-order valence-corrected chi connectivity index (χ4v) is 3.47. The van der Waals surface area contributed by atoms with Crippen molar-refractivity contribution in [2.45, 2.75) is 25.4 Å². The first kappa shape index (κ1) is 18.5. The van der Waals surface area contributed by atoms with Gasteiger partial charge in [0.25, 0.3) is 11.5 Å². The summed E-state index contributed by atoms with van der Waals surface area (Å²) in [5.74, 6) is 0.405. The summed E-state index contributed by atoms with van der Waals surface area (Å²) < 4.78 is 5.77. The Hall–Kier alpha value is -3.52. The Balaban J connectivity index is 1.45. The van der Waals surface area contributed by atoms with Crippen LogP contribution in [0.5, 0.6) is 0 Å². The number of fused-ring (bicyclic) bond motifs is 1. The summed E-state index contributed by atoms with van der Waals surface area (Å²) in [6.07, 6.45) is 1.79. The number of halogens is 1. The number of carbonyl (C=O) groups is 1. The van der Waals surface area contributed by atoms with E-state index >= 15 is 0 Å². The van der Waals surface area contributed by atoms with Crippen LogP contribution in [-0.2, 0) is 6.54 Å². The first-order valence-corrected chi connectivity index (χ1v) is 9.84. The second kappa shape index (κ2) is 7.38. The fourth-order valence-electron chi connectivity index (χ4n) is 3.34. The highest BCUT2D eigenvalue weighted by molar-refractivity contribution is 6.30. The molecule has 0 radical (unpaired) electrons. The van der Waals surface area contributed by atoms with Crippen LogP contribution >= 0.6 is 11.6 Å². The molecule has 1 amide bonds. The topological polar surface area (TPSA) is 105 Å². The van der Waals surface area contributed by atoms with Crippen LogP contribution in [0.4, 0.5) is 0 Å². The summed E-state index contributed by atoms with van der Waals surface area (Å²) in [6, 6.07) is 14.1.